The van der Waals surface area contributed by atoms with E-state index in [0.717, 1.165) is 37.6 Å². The number of nitrogens with zero attached hydrogens (tertiary/aromatic N) is 5. The molecule has 2 fully saturated rings. The molecule has 2 heterocycles. The van der Waals surface area contributed by atoms with Crippen molar-refractivity contribution in [1.82, 2.24) is 19.5 Å². The Bertz CT molecular complexity index is 1000. The van der Waals surface area contributed by atoms with Crippen molar-refractivity contribution < 1.29 is 13.3 Å². The second-order valence-corrected chi connectivity index (χ2v) is 9.11. The Morgan fingerprint density at radius 3 is 2.75 bits per heavy atom. The van der Waals surface area contributed by atoms with E-state index < -0.39 is 14.9 Å². The summed E-state index contributed by atoms with van der Waals surface area (Å²) in [5, 5.41) is 20.0. The van der Waals surface area contributed by atoms with Crippen molar-refractivity contribution in [3.63, 3.8) is 0 Å². The SMILES string of the molecule is CNS(=O)(=O)c1ccc(N2CCC[C@@H](c3nncn3C3CC3)C2)c([N+](=O)[O-])c1. The van der Waals surface area contributed by atoms with Crippen molar-refractivity contribution in [2.24, 2.45) is 0 Å². The van der Waals surface area contributed by atoms with Crippen LogP contribution in [0.15, 0.2) is 29.4 Å². The van der Waals surface area contributed by atoms with E-state index in [1.807, 2.05) is 4.90 Å². The second kappa shape index (κ2) is 7.13. The predicted octanol–water partition coefficient (Wildman–Crippen LogP) is 1.81. The maximum Gasteiger partial charge on any atom is 0.293 e. The Labute approximate surface area is 162 Å². The highest BCUT2D eigenvalue weighted by Crippen LogP contribution is 2.39. The summed E-state index contributed by atoms with van der Waals surface area (Å²) in [6.45, 7) is 1.26. The number of nitro benzene ring substituents is 1. The quantitative estimate of drug-likeness (QED) is 0.573. The van der Waals surface area contributed by atoms with Crippen LogP contribution >= 0.6 is 0 Å². The molecule has 150 valence electrons. The Morgan fingerprint density at radius 2 is 2.07 bits per heavy atom. The number of nitrogens with one attached hydrogen (secondary N) is 1. The molecule has 11 heteroatoms. The van der Waals surface area contributed by atoms with E-state index in [1.165, 1.54) is 19.2 Å². The fraction of sp³-hybridized carbons (Fsp3) is 0.529. The third-order valence-corrected chi connectivity index (χ3v) is 6.80. The number of hydrogen-bond acceptors (Lipinski definition) is 7. The molecule has 2 aromatic rings. The van der Waals surface area contributed by atoms with Crippen molar-refractivity contribution in [2.45, 2.75) is 42.5 Å². The molecule has 1 aliphatic heterocycles. The first kappa shape index (κ1) is 18.8. The van der Waals surface area contributed by atoms with Gasteiger partial charge in [0.05, 0.1) is 9.82 Å². The summed E-state index contributed by atoms with van der Waals surface area (Å²) in [6.07, 6.45) is 5.85. The second-order valence-electron chi connectivity index (χ2n) is 7.23. The van der Waals surface area contributed by atoms with Gasteiger partial charge in [-0.2, -0.15) is 0 Å². The summed E-state index contributed by atoms with van der Waals surface area (Å²) in [6, 6.07) is 4.53. The van der Waals surface area contributed by atoms with Gasteiger partial charge in [0.15, 0.2) is 0 Å². The molecule has 1 aromatic carbocycles. The average Bonchev–Trinajstić information content (AvgIpc) is 3.43. The molecule has 0 bridgehead atoms. The fourth-order valence-electron chi connectivity index (χ4n) is 3.79. The molecule has 0 radical (unpaired) electrons. The van der Waals surface area contributed by atoms with Gasteiger partial charge in [0.1, 0.15) is 17.8 Å². The summed E-state index contributed by atoms with van der Waals surface area (Å²) in [5.74, 6) is 1.07. The van der Waals surface area contributed by atoms with Crippen molar-refractivity contribution in [1.29, 1.82) is 0 Å². The zero-order valence-corrected chi connectivity index (χ0v) is 16.3. The number of hydrogen-bond donors (Lipinski definition) is 1. The molecule has 1 saturated heterocycles. The van der Waals surface area contributed by atoms with E-state index in [4.69, 9.17) is 0 Å². The van der Waals surface area contributed by atoms with Crippen LogP contribution in [0.1, 0.15) is 43.5 Å². The Morgan fingerprint density at radius 1 is 1.29 bits per heavy atom. The molecule has 1 N–H and O–H groups in total. The number of sulfonamides is 1. The van der Waals surface area contributed by atoms with E-state index in [9.17, 15) is 18.5 Å². The van der Waals surface area contributed by atoms with Crippen molar-refractivity contribution >= 4 is 21.4 Å². The number of piperidine rings is 1. The average molecular weight is 406 g/mol. The number of anilines is 1. The number of rotatable bonds is 6. The van der Waals surface area contributed by atoms with Gasteiger partial charge in [0, 0.05) is 31.1 Å². The maximum absolute atomic E-state index is 12.0. The number of nitro groups is 1. The minimum absolute atomic E-state index is 0.118. The lowest BCUT2D eigenvalue weighted by Crippen LogP contribution is -2.35. The minimum Gasteiger partial charge on any atom is -0.365 e. The molecule has 2 aliphatic rings. The van der Waals surface area contributed by atoms with Gasteiger partial charge < -0.3 is 9.47 Å². The van der Waals surface area contributed by atoms with E-state index in [-0.39, 0.29) is 16.5 Å². The topological polar surface area (TPSA) is 123 Å². The normalized spacial score (nSPS) is 20.3. The largest absolute Gasteiger partial charge is 0.365 e. The van der Waals surface area contributed by atoms with Crippen LogP contribution in [0, 0.1) is 10.1 Å². The molecule has 4 rings (SSSR count). The molecule has 0 spiro atoms. The smallest absolute Gasteiger partial charge is 0.293 e. The van der Waals surface area contributed by atoms with Gasteiger partial charge in [0.2, 0.25) is 10.0 Å². The molecule has 10 nitrogen and oxygen atoms in total. The summed E-state index contributed by atoms with van der Waals surface area (Å²) in [5.41, 5.74) is 0.225. The minimum atomic E-state index is -3.75. The standard InChI is InChI=1S/C17H22N6O4S/c1-18-28(26,27)14-6-7-15(16(9-14)23(24)25)21-8-2-3-12(10-21)17-20-19-11-22(17)13-4-5-13/h6-7,9,11-13,18H,2-5,8,10H2,1H3/t12-/m1/s1. The molecular formula is C17H22N6O4S. The number of aromatic nitrogens is 3. The number of benzene rings is 1. The van der Waals surface area contributed by atoms with Crippen LogP contribution in [0.25, 0.3) is 0 Å². The summed E-state index contributed by atoms with van der Waals surface area (Å²) < 4.78 is 28.3. The van der Waals surface area contributed by atoms with Crippen LogP contribution < -0.4 is 9.62 Å². The zero-order valence-electron chi connectivity index (χ0n) is 15.5. The molecular weight excluding hydrogens is 384 g/mol. The van der Waals surface area contributed by atoms with E-state index in [0.29, 0.717) is 24.8 Å². The van der Waals surface area contributed by atoms with Crippen molar-refractivity contribution in [2.75, 3.05) is 25.0 Å². The first-order valence-corrected chi connectivity index (χ1v) is 10.8. The highest BCUT2D eigenvalue weighted by atomic mass is 32.2. The molecule has 1 aliphatic carbocycles. The Kier molecular flexibility index (Phi) is 4.79. The molecule has 1 saturated carbocycles. The Hall–Kier alpha value is -2.53. The predicted molar refractivity (Wildman–Crippen MR) is 102 cm³/mol. The van der Waals surface area contributed by atoms with Gasteiger partial charge in [-0.1, -0.05) is 0 Å². The zero-order chi connectivity index (χ0) is 19.9. The molecule has 0 unspecified atom stereocenters. The Balaban J connectivity index is 1.64. The van der Waals surface area contributed by atoms with Crippen LogP contribution in [-0.4, -0.2) is 48.2 Å². The monoisotopic (exact) mass is 406 g/mol. The van der Waals surface area contributed by atoms with E-state index in [2.05, 4.69) is 19.5 Å². The molecule has 1 atom stereocenters. The van der Waals surface area contributed by atoms with Gasteiger partial charge >= 0.3 is 0 Å². The molecule has 28 heavy (non-hydrogen) atoms. The third-order valence-electron chi connectivity index (χ3n) is 5.39. The van der Waals surface area contributed by atoms with Gasteiger partial charge in [-0.25, -0.2) is 13.1 Å². The van der Waals surface area contributed by atoms with Gasteiger partial charge in [-0.15, -0.1) is 10.2 Å². The van der Waals surface area contributed by atoms with Gasteiger partial charge in [-0.3, -0.25) is 10.1 Å². The van der Waals surface area contributed by atoms with Crippen LogP contribution in [0.2, 0.25) is 0 Å². The van der Waals surface area contributed by atoms with Gasteiger partial charge in [0.25, 0.3) is 5.69 Å². The van der Waals surface area contributed by atoms with Crippen molar-refractivity contribution in [3.05, 3.63) is 40.5 Å². The molecule has 1 aromatic heterocycles. The first-order chi connectivity index (χ1) is 13.4. The van der Waals surface area contributed by atoms with Crippen molar-refractivity contribution in [3.8, 4) is 0 Å². The summed E-state index contributed by atoms with van der Waals surface area (Å²) in [4.78, 5) is 12.9. The van der Waals surface area contributed by atoms with Crippen LogP contribution in [0.4, 0.5) is 11.4 Å². The van der Waals surface area contributed by atoms with Crippen LogP contribution in [0.3, 0.4) is 0 Å². The fourth-order valence-corrected chi connectivity index (χ4v) is 4.54. The van der Waals surface area contributed by atoms with Crippen LogP contribution in [0.5, 0.6) is 0 Å². The maximum atomic E-state index is 12.0. The highest BCUT2D eigenvalue weighted by molar-refractivity contribution is 7.89. The summed E-state index contributed by atoms with van der Waals surface area (Å²) in [7, 11) is -2.47. The highest BCUT2D eigenvalue weighted by Gasteiger charge is 2.33. The summed E-state index contributed by atoms with van der Waals surface area (Å²) >= 11 is 0. The van der Waals surface area contributed by atoms with Crippen LogP contribution in [-0.2, 0) is 10.0 Å². The van der Waals surface area contributed by atoms with E-state index in [1.54, 1.807) is 6.33 Å². The lowest BCUT2D eigenvalue weighted by Gasteiger charge is -2.33. The van der Waals surface area contributed by atoms with E-state index >= 15 is 0 Å². The molecule has 0 amide bonds. The third kappa shape index (κ3) is 3.47. The first-order valence-electron chi connectivity index (χ1n) is 9.27. The van der Waals surface area contributed by atoms with Gasteiger partial charge in [-0.05, 0) is 44.9 Å². The lowest BCUT2D eigenvalue weighted by molar-refractivity contribution is -0.384. The lowest BCUT2D eigenvalue weighted by atomic mass is 9.96.